The van der Waals surface area contributed by atoms with Gasteiger partial charge in [0.15, 0.2) is 5.84 Å². The van der Waals surface area contributed by atoms with Crippen molar-refractivity contribution in [2.45, 2.75) is 44.8 Å². The number of hydrogen-bond donors (Lipinski definition) is 4. The van der Waals surface area contributed by atoms with Gasteiger partial charge >= 0.3 is 0 Å². The first-order chi connectivity index (χ1) is 13.5. The molecular weight excluding hydrogens is 356 g/mol. The van der Waals surface area contributed by atoms with Crippen molar-refractivity contribution in [3.63, 3.8) is 0 Å². The Morgan fingerprint density at radius 1 is 1.39 bits per heavy atom. The highest BCUT2D eigenvalue weighted by Crippen LogP contribution is 2.21. The van der Waals surface area contributed by atoms with Gasteiger partial charge in [-0.3, -0.25) is 4.79 Å². The third-order valence-corrected chi connectivity index (χ3v) is 4.67. The number of amides is 1. The molecule has 1 fully saturated rings. The lowest BCUT2D eigenvalue weighted by Crippen LogP contribution is -2.33. The van der Waals surface area contributed by atoms with Crippen molar-refractivity contribution in [3.05, 3.63) is 49.1 Å². The molecule has 1 aliphatic carbocycles. The molecule has 0 aliphatic heterocycles. The molecule has 1 amide bonds. The van der Waals surface area contributed by atoms with Crippen LogP contribution in [0.3, 0.4) is 0 Å². The molecule has 8 heteroatoms. The summed E-state index contributed by atoms with van der Waals surface area (Å²) in [5.41, 5.74) is 7.08. The number of carbonyl (C=O) groups excluding carboxylic acids is 1. The second-order valence-electron chi connectivity index (χ2n) is 6.94. The van der Waals surface area contributed by atoms with Gasteiger partial charge in [-0.2, -0.15) is 5.10 Å². The lowest BCUT2D eigenvalue weighted by Gasteiger charge is -2.26. The Kier molecular flexibility index (Phi) is 6.10. The van der Waals surface area contributed by atoms with Gasteiger partial charge in [0.25, 0.3) is 0 Å². The molecule has 5 N–H and O–H groups in total. The second kappa shape index (κ2) is 8.71. The standard InChI is InChI=1S/C20H26N6O2/c1-13(23-16-5-7-18(28)8-6-16)24-20(9-10-21)26-19-11-17(25-14(2)27)4-3-15(19)12-22-26/h3-4,9-12,16,18,23,28H,1,5-8,21H2,2H3,(H,25,27)/b10-9-,24-20+/t16-,18-. The highest BCUT2D eigenvalue weighted by atomic mass is 16.3. The van der Waals surface area contributed by atoms with Crippen molar-refractivity contribution >= 4 is 28.3 Å². The number of nitrogens with two attached hydrogens (primary N) is 1. The molecule has 28 heavy (non-hydrogen) atoms. The van der Waals surface area contributed by atoms with Gasteiger partial charge in [0, 0.05) is 24.0 Å². The zero-order valence-corrected chi connectivity index (χ0v) is 15.9. The average Bonchev–Trinajstić information content (AvgIpc) is 3.06. The number of allylic oxidation sites excluding steroid dienone is 1. The summed E-state index contributed by atoms with van der Waals surface area (Å²) >= 11 is 0. The molecule has 1 aromatic heterocycles. The fraction of sp³-hybridized carbons (Fsp3) is 0.350. The fourth-order valence-corrected chi connectivity index (χ4v) is 3.35. The Labute approximate surface area is 163 Å². The van der Waals surface area contributed by atoms with E-state index in [1.807, 2.05) is 18.2 Å². The molecule has 0 bridgehead atoms. The predicted molar refractivity (Wildman–Crippen MR) is 111 cm³/mol. The summed E-state index contributed by atoms with van der Waals surface area (Å²) in [4.78, 5) is 15.9. The SMILES string of the molecule is C=C(/N=C(\C=C/N)n1ncc2ccc(NC(C)=O)cc21)N[C@H]1CC[C@H](O)CC1. The molecule has 0 unspecified atom stereocenters. The second-order valence-corrected chi connectivity index (χ2v) is 6.94. The quantitative estimate of drug-likeness (QED) is 0.466. The van der Waals surface area contributed by atoms with Gasteiger partial charge in [-0.1, -0.05) is 6.58 Å². The number of nitrogens with zero attached hydrogens (tertiary/aromatic N) is 3. The van der Waals surface area contributed by atoms with Gasteiger partial charge in [0.2, 0.25) is 5.91 Å². The highest BCUT2D eigenvalue weighted by Gasteiger charge is 2.19. The van der Waals surface area contributed by atoms with Gasteiger partial charge in [-0.05, 0) is 56.2 Å². The largest absolute Gasteiger partial charge is 0.404 e. The molecule has 1 aliphatic rings. The van der Waals surface area contributed by atoms with E-state index in [4.69, 9.17) is 5.73 Å². The number of carbonyl (C=O) groups is 1. The van der Waals surface area contributed by atoms with Gasteiger partial charge in [0.1, 0.15) is 5.82 Å². The van der Waals surface area contributed by atoms with Crippen LogP contribution in [-0.2, 0) is 4.79 Å². The minimum absolute atomic E-state index is 0.142. The summed E-state index contributed by atoms with van der Waals surface area (Å²) in [6.45, 7) is 5.47. The lowest BCUT2D eigenvalue weighted by atomic mass is 9.93. The maximum atomic E-state index is 11.3. The van der Waals surface area contributed by atoms with Crippen LogP contribution in [0.5, 0.6) is 0 Å². The Morgan fingerprint density at radius 3 is 2.82 bits per heavy atom. The molecule has 148 valence electrons. The van der Waals surface area contributed by atoms with Crippen molar-refractivity contribution < 1.29 is 9.90 Å². The van der Waals surface area contributed by atoms with E-state index >= 15 is 0 Å². The molecule has 0 spiro atoms. The van der Waals surface area contributed by atoms with E-state index in [9.17, 15) is 9.90 Å². The van der Waals surface area contributed by atoms with Crippen LogP contribution >= 0.6 is 0 Å². The highest BCUT2D eigenvalue weighted by molar-refractivity contribution is 6.02. The minimum atomic E-state index is -0.209. The van der Waals surface area contributed by atoms with Crippen molar-refractivity contribution in [3.8, 4) is 0 Å². The van der Waals surface area contributed by atoms with Gasteiger partial charge < -0.3 is 21.5 Å². The fourth-order valence-electron chi connectivity index (χ4n) is 3.35. The number of aliphatic hydroxyl groups is 1. The van der Waals surface area contributed by atoms with Crippen LogP contribution in [0.2, 0.25) is 0 Å². The Morgan fingerprint density at radius 2 is 2.14 bits per heavy atom. The number of aromatic nitrogens is 2. The smallest absolute Gasteiger partial charge is 0.221 e. The maximum absolute atomic E-state index is 11.3. The lowest BCUT2D eigenvalue weighted by molar-refractivity contribution is -0.114. The van der Waals surface area contributed by atoms with Crippen molar-refractivity contribution in [2.75, 3.05) is 5.32 Å². The monoisotopic (exact) mass is 382 g/mol. The molecule has 3 rings (SSSR count). The van der Waals surface area contributed by atoms with Gasteiger partial charge in [0.05, 0.1) is 17.8 Å². The number of benzene rings is 1. The molecule has 8 nitrogen and oxygen atoms in total. The first kappa shape index (κ1) is 19.6. The maximum Gasteiger partial charge on any atom is 0.221 e. The Bertz CT molecular complexity index is 922. The predicted octanol–water partition coefficient (Wildman–Crippen LogP) is 2.08. The number of rotatable bonds is 5. The molecule has 0 atom stereocenters. The number of aliphatic imine (C=N–C) groups is 1. The average molecular weight is 382 g/mol. The summed E-state index contributed by atoms with van der Waals surface area (Å²) < 4.78 is 1.65. The first-order valence-corrected chi connectivity index (χ1v) is 9.32. The summed E-state index contributed by atoms with van der Waals surface area (Å²) in [5.74, 6) is 0.873. The Hall–Kier alpha value is -3.13. The van der Waals surface area contributed by atoms with E-state index in [1.165, 1.54) is 13.1 Å². The summed E-state index contributed by atoms with van der Waals surface area (Å²) in [6.07, 6.45) is 7.87. The number of nitrogens with one attached hydrogen (secondary N) is 2. The van der Waals surface area contributed by atoms with Crippen LogP contribution < -0.4 is 16.4 Å². The van der Waals surface area contributed by atoms with E-state index in [0.717, 1.165) is 36.6 Å². The van der Waals surface area contributed by atoms with Crippen molar-refractivity contribution in [1.82, 2.24) is 15.1 Å². The summed E-state index contributed by atoms with van der Waals surface area (Å²) in [5, 5.41) is 21.0. The Balaban J connectivity index is 1.85. The van der Waals surface area contributed by atoms with Crippen LogP contribution in [0.25, 0.3) is 10.9 Å². The molecular formula is C20H26N6O2. The number of aliphatic hydroxyl groups excluding tert-OH is 1. The van der Waals surface area contributed by atoms with Crippen molar-refractivity contribution in [2.24, 2.45) is 10.7 Å². The topological polar surface area (TPSA) is 118 Å². The molecule has 1 saturated carbocycles. The molecule has 1 aromatic carbocycles. The van der Waals surface area contributed by atoms with E-state index in [1.54, 1.807) is 17.0 Å². The van der Waals surface area contributed by atoms with Crippen LogP contribution in [0.15, 0.2) is 54.1 Å². The molecule has 1 heterocycles. The van der Waals surface area contributed by atoms with E-state index in [0.29, 0.717) is 17.3 Å². The van der Waals surface area contributed by atoms with Crippen LogP contribution in [0.1, 0.15) is 32.6 Å². The summed E-state index contributed by atoms with van der Waals surface area (Å²) in [6, 6.07) is 5.78. The zero-order valence-electron chi connectivity index (χ0n) is 15.9. The number of hydrogen-bond acceptors (Lipinski definition) is 6. The van der Waals surface area contributed by atoms with E-state index < -0.39 is 0 Å². The van der Waals surface area contributed by atoms with E-state index in [2.05, 4.69) is 27.3 Å². The van der Waals surface area contributed by atoms with Gasteiger partial charge in [-0.25, -0.2) is 9.67 Å². The van der Waals surface area contributed by atoms with Crippen molar-refractivity contribution in [1.29, 1.82) is 0 Å². The molecule has 0 saturated heterocycles. The third-order valence-electron chi connectivity index (χ3n) is 4.67. The van der Waals surface area contributed by atoms with E-state index in [-0.39, 0.29) is 18.1 Å². The molecule has 0 radical (unpaired) electrons. The number of fused-ring (bicyclic) bond motifs is 1. The zero-order chi connectivity index (χ0) is 20.1. The van der Waals surface area contributed by atoms with Crippen LogP contribution in [0.4, 0.5) is 5.69 Å². The first-order valence-electron chi connectivity index (χ1n) is 9.32. The van der Waals surface area contributed by atoms with Gasteiger partial charge in [-0.15, -0.1) is 0 Å². The third kappa shape index (κ3) is 4.77. The van der Waals surface area contributed by atoms with Crippen LogP contribution in [0, 0.1) is 0 Å². The van der Waals surface area contributed by atoms with Crippen LogP contribution in [-0.4, -0.2) is 38.8 Å². The minimum Gasteiger partial charge on any atom is -0.404 e. The normalized spacial score (nSPS) is 20.4. The molecule has 2 aromatic rings. The number of anilines is 1. The summed E-state index contributed by atoms with van der Waals surface area (Å²) in [7, 11) is 0.